The van der Waals surface area contributed by atoms with Crippen molar-refractivity contribution in [2.45, 2.75) is 32.4 Å². The van der Waals surface area contributed by atoms with Crippen LogP contribution in [0, 0.1) is 5.92 Å². The maximum absolute atomic E-state index is 12.9. The minimum Gasteiger partial charge on any atom is -0.392 e. The Hall–Kier alpha value is -1.50. The van der Waals surface area contributed by atoms with Gasteiger partial charge in [-0.15, -0.1) is 0 Å². The van der Waals surface area contributed by atoms with Gasteiger partial charge in [-0.3, -0.25) is 19.6 Å². The van der Waals surface area contributed by atoms with Crippen LogP contribution in [0.25, 0.3) is 0 Å². The van der Waals surface area contributed by atoms with E-state index in [-0.39, 0.29) is 12.0 Å². The number of rotatable bonds is 5. The maximum Gasteiger partial charge on any atom is 0.227 e. The lowest BCUT2D eigenvalue weighted by Crippen LogP contribution is -2.53. The third kappa shape index (κ3) is 5.23. The average Bonchev–Trinajstić information content (AvgIpc) is 2.62. The number of aliphatic hydroxyl groups excluding tert-OH is 1. The molecule has 6 nitrogen and oxygen atoms in total. The molecule has 2 saturated heterocycles. The van der Waals surface area contributed by atoms with Crippen LogP contribution in [0.1, 0.15) is 25.3 Å². The summed E-state index contributed by atoms with van der Waals surface area (Å²) in [7, 11) is 0. The van der Waals surface area contributed by atoms with E-state index >= 15 is 0 Å². The van der Waals surface area contributed by atoms with Gasteiger partial charge < -0.3 is 10.0 Å². The molecule has 2 fully saturated rings. The molecule has 0 spiro atoms. The van der Waals surface area contributed by atoms with Crippen LogP contribution in [-0.2, 0) is 11.3 Å². The topological polar surface area (TPSA) is 59.9 Å². The highest BCUT2D eigenvalue weighted by Gasteiger charge is 2.31. The van der Waals surface area contributed by atoms with Crippen molar-refractivity contribution in [1.29, 1.82) is 0 Å². The molecule has 1 N–H and O–H groups in total. The van der Waals surface area contributed by atoms with Crippen LogP contribution in [0.5, 0.6) is 0 Å². The molecule has 1 aromatic rings. The highest BCUT2D eigenvalue weighted by molar-refractivity contribution is 5.79. The number of pyridine rings is 1. The molecule has 2 aliphatic rings. The van der Waals surface area contributed by atoms with Gasteiger partial charge in [0.25, 0.3) is 0 Å². The second kappa shape index (κ2) is 8.74. The van der Waals surface area contributed by atoms with Crippen LogP contribution in [0.3, 0.4) is 0 Å². The SMILES string of the molecule is C[C@@H](O)CN1CCN(C(=O)[C@@H]2CCCN(Cc3cccnc3)C2)CC1. The van der Waals surface area contributed by atoms with Gasteiger partial charge in [0.05, 0.1) is 12.0 Å². The van der Waals surface area contributed by atoms with Crippen molar-refractivity contribution in [2.75, 3.05) is 45.8 Å². The summed E-state index contributed by atoms with van der Waals surface area (Å²) in [6.07, 6.45) is 5.48. The largest absolute Gasteiger partial charge is 0.392 e. The second-order valence-electron chi connectivity index (χ2n) is 7.41. The van der Waals surface area contributed by atoms with E-state index in [4.69, 9.17) is 0 Å². The molecular weight excluding hydrogens is 316 g/mol. The van der Waals surface area contributed by atoms with Gasteiger partial charge in [-0.1, -0.05) is 6.07 Å². The Morgan fingerprint density at radius 3 is 2.76 bits per heavy atom. The number of piperazine rings is 1. The molecule has 0 saturated carbocycles. The van der Waals surface area contributed by atoms with Gasteiger partial charge in [-0.25, -0.2) is 0 Å². The lowest BCUT2D eigenvalue weighted by molar-refractivity contribution is -0.139. The summed E-state index contributed by atoms with van der Waals surface area (Å²) in [6.45, 7) is 8.59. The number of carbonyl (C=O) groups is 1. The Balaban J connectivity index is 1.49. The quantitative estimate of drug-likeness (QED) is 0.855. The van der Waals surface area contributed by atoms with Crippen LogP contribution >= 0.6 is 0 Å². The van der Waals surface area contributed by atoms with Crippen LogP contribution in [0.4, 0.5) is 0 Å². The minimum absolute atomic E-state index is 0.119. The number of nitrogens with zero attached hydrogens (tertiary/aromatic N) is 4. The molecule has 3 heterocycles. The Kier molecular flexibility index (Phi) is 6.39. The van der Waals surface area contributed by atoms with Crippen molar-refractivity contribution in [3.63, 3.8) is 0 Å². The highest BCUT2D eigenvalue weighted by Crippen LogP contribution is 2.21. The predicted molar refractivity (Wildman–Crippen MR) is 96.9 cm³/mol. The van der Waals surface area contributed by atoms with Crippen LogP contribution in [-0.4, -0.2) is 82.6 Å². The average molecular weight is 346 g/mol. The van der Waals surface area contributed by atoms with E-state index in [1.807, 2.05) is 24.1 Å². The van der Waals surface area contributed by atoms with Crippen molar-refractivity contribution < 1.29 is 9.90 Å². The van der Waals surface area contributed by atoms with E-state index in [1.54, 1.807) is 6.20 Å². The lowest BCUT2D eigenvalue weighted by atomic mass is 9.96. The van der Waals surface area contributed by atoms with Gasteiger partial charge in [-0.05, 0) is 37.9 Å². The van der Waals surface area contributed by atoms with E-state index in [2.05, 4.69) is 20.9 Å². The summed E-state index contributed by atoms with van der Waals surface area (Å²) < 4.78 is 0. The second-order valence-corrected chi connectivity index (χ2v) is 7.41. The molecule has 138 valence electrons. The third-order valence-corrected chi connectivity index (χ3v) is 5.19. The smallest absolute Gasteiger partial charge is 0.227 e. The third-order valence-electron chi connectivity index (χ3n) is 5.19. The molecule has 0 aromatic carbocycles. The van der Waals surface area contributed by atoms with E-state index in [9.17, 15) is 9.90 Å². The summed E-state index contributed by atoms with van der Waals surface area (Å²) in [6, 6.07) is 4.06. The van der Waals surface area contributed by atoms with Crippen molar-refractivity contribution in [3.8, 4) is 0 Å². The summed E-state index contributed by atoms with van der Waals surface area (Å²) >= 11 is 0. The molecular formula is C19H30N4O2. The Morgan fingerprint density at radius 1 is 1.28 bits per heavy atom. The zero-order valence-corrected chi connectivity index (χ0v) is 15.2. The number of carbonyl (C=O) groups excluding carboxylic acids is 1. The number of aromatic nitrogens is 1. The monoisotopic (exact) mass is 346 g/mol. The number of piperidine rings is 1. The first-order valence-electron chi connectivity index (χ1n) is 9.42. The number of likely N-dealkylation sites (tertiary alicyclic amines) is 1. The van der Waals surface area contributed by atoms with Crippen LogP contribution < -0.4 is 0 Å². The molecule has 2 aliphatic heterocycles. The molecule has 0 aliphatic carbocycles. The summed E-state index contributed by atoms with van der Waals surface area (Å²) in [4.78, 5) is 23.7. The first kappa shape index (κ1) is 18.3. The van der Waals surface area contributed by atoms with Gasteiger partial charge in [0, 0.05) is 58.2 Å². The number of aliphatic hydroxyl groups is 1. The molecule has 1 aromatic heterocycles. The molecule has 3 rings (SSSR count). The zero-order valence-electron chi connectivity index (χ0n) is 15.2. The van der Waals surface area contributed by atoms with Crippen molar-refractivity contribution in [3.05, 3.63) is 30.1 Å². The molecule has 0 bridgehead atoms. The molecule has 25 heavy (non-hydrogen) atoms. The zero-order chi connectivity index (χ0) is 17.6. The number of amides is 1. The van der Waals surface area contributed by atoms with Gasteiger partial charge in [0.1, 0.15) is 0 Å². The van der Waals surface area contributed by atoms with Crippen molar-refractivity contribution in [1.82, 2.24) is 19.7 Å². The first-order valence-corrected chi connectivity index (χ1v) is 9.42. The van der Waals surface area contributed by atoms with Gasteiger partial charge in [-0.2, -0.15) is 0 Å². The van der Waals surface area contributed by atoms with Crippen molar-refractivity contribution in [2.24, 2.45) is 5.92 Å². The van der Waals surface area contributed by atoms with Gasteiger partial charge in [0.15, 0.2) is 0 Å². The fourth-order valence-electron chi connectivity index (χ4n) is 3.93. The molecule has 0 unspecified atom stereocenters. The fourth-order valence-corrected chi connectivity index (χ4v) is 3.93. The Bertz CT molecular complexity index is 544. The van der Waals surface area contributed by atoms with E-state index in [0.717, 1.165) is 58.7 Å². The summed E-state index contributed by atoms with van der Waals surface area (Å²) in [5.74, 6) is 0.432. The molecule has 1 amide bonds. The van der Waals surface area contributed by atoms with E-state index < -0.39 is 0 Å². The molecule has 0 radical (unpaired) electrons. The number of hydrogen-bond donors (Lipinski definition) is 1. The van der Waals surface area contributed by atoms with E-state index in [1.165, 1.54) is 5.56 Å². The molecule has 2 atom stereocenters. The van der Waals surface area contributed by atoms with Crippen LogP contribution in [0.15, 0.2) is 24.5 Å². The Labute approximate surface area is 150 Å². The first-order chi connectivity index (χ1) is 12.1. The summed E-state index contributed by atoms with van der Waals surface area (Å²) in [5, 5.41) is 9.50. The normalized spacial score (nSPS) is 24.2. The lowest BCUT2D eigenvalue weighted by Gasteiger charge is -2.39. The van der Waals surface area contributed by atoms with Crippen LogP contribution in [0.2, 0.25) is 0 Å². The molecule has 6 heteroatoms. The summed E-state index contributed by atoms with van der Waals surface area (Å²) in [5.41, 5.74) is 1.21. The van der Waals surface area contributed by atoms with Crippen molar-refractivity contribution >= 4 is 5.91 Å². The maximum atomic E-state index is 12.9. The van der Waals surface area contributed by atoms with E-state index in [0.29, 0.717) is 12.5 Å². The highest BCUT2D eigenvalue weighted by atomic mass is 16.3. The number of hydrogen-bond acceptors (Lipinski definition) is 5. The Morgan fingerprint density at radius 2 is 2.08 bits per heavy atom. The van der Waals surface area contributed by atoms with Gasteiger partial charge >= 0.3 is 0 Å². The fraction of sp³-hybridized carbons (Fsp3) is 0.684. The number of β-amino-alcohol motifs (C(OH)–C–C–N with tert-alkyl or cyclic N) is 1. The van der Waals surface area contributed by atoms with Gasteiger partial charge in [0.2, 0.25) is 5.91 Å². The minimum atomic E-state index is -0.304. The standard InChI is InChI=1S/C19H30N4O2/c1-16(24)13-21-8-10-23(11-9-21)19(25)18-5-3-7-22(15-18)14-17-4-2-6-20-12-17/h2,4,6,12,16,18,24H,3,5,7-11,13-15H2,1H3/t16-,18-/m1/s1. The predicted octanol–water partition coefficient (Wildman–Crippen LogP) is 0.819.